The van der Waals surface area contributed by atoms with Gasteiger partial charge in [0.2, 0.25) is 0 Å². The molecule has 5 nitrogen and oxygen atoms in total. The van der Waals surface area contributed by atoms with Crippen molar-refractivity contribution in [1.29, 1.82) is 0 Å². The number of aromatic nitrogens is 3. The summed E-state index contributed by atoms with van der Waals surface area (Å²) in [6.45, 7) is 25.0. The van der Waals surface area contributed by atoms with Gasteiger partial charge in [-0.05, 0) is 126 Å². The lowest BCUT2D eigenvalue weighted by molar-refractivity contribution is 0.483. The van der Waals surface area contributed by atoms with E-state index in [4.69, 9.17) is 9.72 Å². The molecule has 0 saturated heterocycles. The molecule has 0 amide bonds. The highest BCUT2D eigenvalue weighted by Crippen LogP contribution is 2.46. The average Bonchev–Trinajstić information content (AvgIpc) is 3.98. The van der Waals surface area contributed by atoms with E-state index >= 15 is 0 Å². The second kappa shape index (κ2) is 17.4. The fourth-order valence-corrected chi connectivity index (χ4v) is 11.3. The molecule has 4 heterocycles. The molecule has 5 heteroatoms. The molecule has 12 rings (SSSR count). The number of benzene rings is 8. The van der Waals surface area contributed by atoms with E-state index in [-0.39, 0.29) is 16.2 Å². The highest BCUT2D eigenvalue weighted by molar-refractivity contribution is 6.22. The van der Waals surface area contributed by atoms with E-state index in [0.29, 0.717) is 6.67 Å². The first-order valence-electron chi connectivity index (χ1n) is 26.7. The maximum Gasteiger partial charge on any atom is 0.137 e. The summed E-state index contributed by atoms with van der Waals surface area (Å²) in [7, 11) is 0. The fourth-order valence-electron chi connectivity index (χ4n) is 11.3. The molecule has 368 valence electrons. The lowest BCUT2D eigenvalue weighted by Crippen LogP contribution is -2.15. The molecule has 3 aromatic heterocycles. The predicted octanol–water partition coefficient (Wildman–Crippen LogP) is 19.3. The molecule has 1 aliphatic heterocycles. The van der Waals surface area contributed by atoms with Crippen LogP contribution < -0.4 is 9.64 Å². The summed E-state index contributed by atoms with van der Waals surface area (Å²) >= 11 is 0. The molecule has 0 atom stereocenters. The van der Waals surface area contributed by atoms with Crippen LogP contribution in [0.4, 0.5) is 11.4 Å². The monoisotopic (exact) mass is 968 g/mol. The summed E-state index contributed by atoms with van der Waals surface area (Å²) in [5, 5.41) is 9.49. The molecule has 74 heavy (non-hydrogen) atoms. The van der Waals surface area contributed by atoms with Crippen LogP contribution in [0.1, 0.15) is 106 Å². The van der Waals surface area contributed by atoms with Crippen molar-refractivity contribution in [2.24, 2.45) is 0 Å². The highest BCUT2D eigenvalue weighted by Gasteiger charge is 2.27. The van der Waals surface area contributed by atoms with E-state index in [1.165, 1.54) is 54.4 Å². The van der Waals surface area contributed by atoms with E-state index in [0.717, 1.165) is 72.8 Å². The largest absolute Gasteiger partial charge is 0.457 e. The Balaban J connectivity index is 1.08. The fraction of sp³-hybridized carbons (Fsp3) is 0.232. The number of fused-ring (bicyclic) bond motifs is 10. The maximum atomic E-state index is 9.34. The minimum absolute atomic E-state index is 0.0281. The van der Waals surface area contributed by atoms with E-state index in [2.05, 4.69) is 252 Å². The van der Waals surface area contributed by atoms with Gasteiger partial charge in [0.25, 0.3) is 0 Å². The van der Waals surface area contributed by atoms with Crippen molar-refractivity contribution in [2.75, 3.05) is 4.90 Å². The Labute approximate surface area is 437 Å². The van der Waals surface area contributed by atoms with Gasteiger partial charge in [-0.2, -0.15) is 0 Å². The molecule has 0 N–H and O–H groups in total. The van der Waals surface area contributed by atoms with Gasteiger partial charge in [-0.25, -0.2) is 4.98 Å². The second-order valence-corrected chi connectivity index (χ2v) is 23.8. The Morgan fingerprint density at radius 2 is 1.09 bits per heavy atom. The number of rotatable bonds is 6. The summed E-state index contributed by atoms with van der Waals surface area (Å²) in [5.74, 6) is 1.58. The number of nitrogens with zero attached hydrogens (tertiary/aromatic N) is 4. The van der Waals surface area contributed by atoms with Gasteiger partial charge in [0.1, 0.15) is 24.0 Å². The summed E-state index contributed by atoms with van der Waals surface area (Å²) in [6.07, 6.45) is 1.93. The Morgan fingerprint density at radius 1 is 0.486 bits per heavy atom. The zero-order chi connectivity index (χ0) is 52.3. The first-order valence-corrected chi connectivity index (χ1v) is 26.2. The van der Waals surface area contributed by atoms with Crippen LogP contribution in [0.2, 0.25) is 0 Å². The van der Waals surface area contributed by atoms with Crippen molar-refractivity contribution in [3.8, 4) is 28.4 Å². The molecule has 0 saturated carbocycles. The molecule has 0 aliphatic carbocycles. The summed E-state index contributed by atoms with van der Waals surface area (Å²) in [4.78, 5) is 7.37. The van der Waals surface area contributed by atoms with Crippen LogP contribution in [0.5, 0.6) is 11.5 Å². The molecular formula is C69H66N4O. The lowest BCUT2D eigenvalue weighted by atomic mass is 9.82. The van der Waals surface area contributed by atoms with Gasteiger partial charge in [0, 0.05) is 52.5 Å². The average molecular weight is 968 g/mol. The third-order valence-corrected chi connectivity index (χ3v) is 15.4. The van der Waals surface area contributed by atoms with E-state index in [1.54, 1.807) is 0 Å². The zero-order valence-corrected chi connectivity index (χ0v) is 44.7. The highest BCUT2D eigenvalue weighted by atomic mass is 16.5. The summed E-state index contributed by atoms with van der Waals surface area (Å²) in [5.41, 5.74) is 13.4. The molecule has 1 aliphatic rings. The third kappa shape index (κ3) is 8.05. The minimum atomic E-state index is -0.801. The minimum Gasteiger partial charge on any atom is -0.457 e. The van der Waals surface area contributed by atoms with Crippen LogP contribution in [0, 0.1) is 0 Å². The molecule has 0 bridgehead atoms. The van der Waals surface area contributed by atoms with E-state index < -0.39 is 5.89 Å². The normalized spacial score (nSPS) is 13.4. The van der Waals surface area contributed by atoms with Gasteiger partial charge >= 0.3 is 0 Å². The molecule has 0 spiro atoms. The van der Waals surface area contributed by atoms with Crippen molar-refractivity contribution in [1.82, 2.24) is 14.1 Å². The Morgan fingerprint density at radius 3 is 1.84 bits per heavy atom. The zero-order valence-electron chi connectivity index (χ0n) is 45.7. The van der Waals surface area contributed by atoms with Crippen LogP contribution in [0.25, 0.3) is 82.1 Å². The van der Waals surface area contributed by atoms with E-state index in [9.17, 15) is 1.37 Å². The molecule has 8 aromatic carbocycles. The van der Waals surface area contributed by atoms with Gasteiger partial charge in [0.05, 0.1) is 27.8 Å². The Kier molecular flexibility index (Phi) is 10.8. The lowest BCUT2D eigenvalue weighted by Gasteiger charge is -2.24. The van der Waals surface area contributed by atoms with Crippen LogP contribution >= 0.6 is 0 Å². The standard InChI is InChI=1S/C69H66N4O/c1-43(2)44-35-45(37-48(36-44)69(9,10)11)52-24-17-25-58-55-31-29-46(67(3,4)5)38-60(55)54-22-13-12-21-53(54)59-26-18-28-62-66(59)72(65(52)58)42-71(62)49-19-16-20-50(40-49)74-51-30-32-57-56-23-14-15-27-61(56)73(63(57)41-51)64-39-47(33-34-70-64)68(6,7)8/h12-41,43H,42H2,1-11H3/i43D. The van der Waals surface area contributed by atoms with Crippen molar-refractivity contribution in [3.05, 3.63) is 204 Å². The van der Waals surface area contributed by atoms with Crippen molar-refractivity contribution in [2.45, 2.75) is 105 Å². The number of anilines is 2. The van der Waals surface area contributed by atoms with Crippen molar-refractivity contribution >= 4 is 76.5 Å². The maximum absolute atomic E-state index is 9.34. The first-order chi connectivity index (χ1) is 35.7. The number of hydrogen-bond donors (Lipinski definition) is 0. The van der Waals surface area contributed by atoms with Gasteiger partial charge < -0.3 is 14.2 Å². The summed E-state index contributed by atoms with van der Waals surface area (Å²) < 4.78 is 21.1. The van der Waals surface area contributed by atoms with E-state index in [1.807, 2.05) is 20.0 Å². The van der Waals surface area contributed by atoms with Crippen LogP contribution in [-0.4, -0.2) is 14.1 Å². The second-order valence-electron chi connectivity index (χ2n) is 23.8. The van der Waals surface area contributed by atoms with Gasteiger partial charge in [-0.3, -0.25) is 4.57 Å². The SMILES string of the molecule is [2H]C(C)(C)c1cc(-c2cccc3c4ccc(C(C)(C)C)cc4c4ccccc4c4cccc5c4n(c23)CN5c2cccc(Oc3ccc4c5ccccc5n(-c5cc(C(C)(C)C)ccn5)c4c3)c2)cc(C(C)(C)C)c1. The topological polar surface area (TPSA) is 35.2 Å². The molecular weight excluding hydrogens is 901 g/mol. The Bertz CT molecular complexity index is 4150. The third-order valence-electron chi connectivity index (χ3n) is 15.4. The molecule has 0 radical (unpaired) electrons. The molecule has 0 unspecified atom stereocenters. The number of pyridine rings is 1. The number of hydrogen-bond acceptors (Lipinski definition) is 3. The van der Waals surface area contributed by atoms with Crippen LogP contribution in [-0.2, 0) is 22.9 Å². The predicted molar refractivity (Wildman–Crippen MR) is 315 cm³/mol. The van der Waals surface area contributed by atoms with Crippen LogP contribution in [0.15, 0.2) is 182 Å². The van der Waals surface area contributed by atoms with Gasteiger partial charge in [0.15, 0.2) is 0 Å². The first kappa shape index (κ1) is 45.9. The number of para-hydroxylation sites is 3. The van der Waals surface area contributed by atoms with Crippen molar-refractivity contribution < 1.29 is 6.11 Å². The quantitative estimate of drug-likeness (QED) is 0.167. The van der Waals surface area contributed by atoms with Crippen LogP contribution in [0.3, 0.4) is 0 Å². The van der Waals surface area contributed by atoms with Gasteiger partial charge in [-0.15, -0.1) is 0 Å². The smallest absolute Gasteiger partial charge is 0.137 e. The molecule has 0 fully saturated rings. The van der Waals surface area contributed by atoms with Crippen molar-refractivity contribution in [3.63, 3.8) is 0 Å². The summed E-state index contributed by atoms with van der Waals surface area (Å²) in [6, 6.07) is 64.5. The molecule has 11 aromatic rings. The van der Waals surface area contributed by atoms with Gasteiger partial charge in [-0.1, -0.05) is 185 Å². The number of ether oxygens (including phenoxy) is 1. The Hall–Kier alpha value is -7.89.